The van der Waals surface area contributed by atoms with Crippen molar-refractivity contribution in [2.24, 2.45) is 0 Å². The van der Waals surface area contributed by atoms with Crippen molar-refractivity contribution in [2.45, 2.75) is 27.7 Å². The molecule has 0 saturated heterocycles. The van der Waals surface area contributed by atoms with E-state index in [4.69, 9.17) is 0 Å². The van der Waals surface area contributed by atoms with Crippen LogP contribution in [-0.2, 0) is 0 Å². The largest absolute Gasteiger partial charge is 0.762 e. The van der Waals surface area contributed by atoms with Crippen LogP contribution in [-0.4, -0.2) is 38.2 Å². The molecule has 0 fully saturated rings. The predicted octanol–water partition coefficient (Wildman–Crippen LogP) is 2.76. The third-order valence-corrected chi connectivity index (χ3v) is 2.68. The second kappa shape index (κ2) is 8.41. The number of quaternary nitrogens is 1. The minimum atomic E-state index is -3.67. The lowest BCUT2D eigenvalue weighted by molar-refractivity contribution is -0.921. The first-order valence-corrected chi connectivity index (χ1v) is 4.75. The van der Waals surface area contributed by atoms with Gasteiger partial charge in [-0.15, -0.1) is 0 Å². The minimum Gasteiger partial charge on any atom is -0.325 e. The summed E-state index contributed by atoms with van der Waals surface area (Å²) in [7, 11) is -3.67. The molecule has 0 bridgehead atoms. The van der Waals surface area contributed by atoms with Gasteiger partial charge < -0.3 is 4.48 Å². The normalized spacial score (nSPS) is 10.4. The molecule has 0 atom stereocenters. The summed E-state index contributed by atoms with van der Waals surface area (Å²) in [6.45, 7) is 14.2. The van der Waals surface area contributed by atoms with E-state index in [1.165, 1.54) is 30.7 Å². The molecule has 0 aromatic heterocycles. The third-order valence-electron chi connectivity index (χ3n) is 2.68. The first kappa shape index (κ1) is 15.3. The van der Waals surface area contributed by atoms with Crippen LogP contribution in [0.25, 0.3) is 0 Å². The lowest BCUT2D eigenvalue weighted by Gasteiger charge is -2.34. The molecule has 80 valence electrons. The number of halogens is 3. The van der Waals surface area contributed by atoms with Crippen molar-refractivity contribution in [1.29, 1.82) is 0 Å². The molecule has 0 radical (unpaired) electrons. The number of hydrogen-bond acceptors (Lipinski definition) is 0. The molecule has 5 heteroatoms. The molecular weight excluding hydrogens is 178 g/mol. The quantitative estimate of drug-likeness (QED) is 0.481. The average molecular weight is 198 g/mol. The van der Waals surface area contributed by atoms with E-state index in [-0.39, 0.29) is 0 Å². The van der Waals surface area contributed by atoms with Crippen LogP contribution in [0.4, 0.5) is 12.9 Å². The Morgan fingerprint density at radius 1 is 0.769 bits per heavy atom. The Morgan fingerprint density at radius 2 is 0.923 bits per heavy atom. The van der Waals surface area contributed by atoms with Crippen LogP contribution in [0.3, 0.4) is 0 Å². The van der Waals surface area contributed by atoms with Crippen molar-refractivity contribution in [1.82, 2.24) is 0 Å². The summed E-state index contributed by atoms with van der Waals surface area (Å²) in [4.78, 5) is 0. The summed E-state index contributed by atoms with van der Waals surface area (Å²) in [5.41, 5.74) is 0. The van der Waals surface area contributed by atoms with Crippen LogP contribution in [0.15, 0.2) is 0 Å². The molecule has 0 aliphatic heterocycles. The fraction of sp³-hybridized carbons (Fsp3) is 1.00. The Labute approximate surface area is 79.7 Å². The van der Waals surface area contributed by atoms with Gasteiger partial charge >= 0.3 is 7.54 Å². The molecule has 0 spiro atoms. The highest BCUT2D eigenvalue weighted by molar-refractivity contribution is 6.33. The summed E-state index contributed by atoms with van der Waals surface area (Å²) < 4.78 is 30.3. The number of rotatable bonds is 4. The van der Waals surface area contributed by atoms with Crippen LogP contribution < -0.4 is 0 Å². The first-order valence-electron chi connectivity index (χ1n) is 4.75. The Balaban J connectivity index is 0. The maximum Gasteiger partial charge on any atom is 0.762 e. The topological polar surface area (TPSA) is 0 Å². The molecule has 0 heterocycles. The van der Waals surface area contributed by atoms with E-state index < -0.39 is 7.54 Å². The summed E-state index contributed by atoms with van der Waals surface area (Å²) in [5, 5.41) is 0. The molecule has 1 nitrogen and oxygen atoms in total. The molecule has 0 unspecified atom stereocenters. The first-order chi connectivity index (χ1) is 5.97. The zero-order chi connectivity index (χ0) is 10.9. The Kier molecular flexibility index (Phi) is 9.90. The van der Waals surface area contributed by atoms with Gasteiger partial charge in [0.1, 0.15) is 0 Å². The SMILES string of the molecule is CC[N+](CC)(CC)CC.FB(F)F. The minimum absolute atomic E-state index is 1.28. The molecule has 0 aliphatic carbocycles. The van der Waals surface area contributed by atoms with Crippen molar-refractivity contribution in [3.8, 4) is 0 Å². The van der Waals surface area contributed by atoms with Crippen LogP contribution in [0, 0.1) is 0 Å². The van der Waals surface area contributed by atoms with Crippen LogP contribution in [0.5, 0.6) is 0 Å². The highest BCUT2D eigenvalue weighted by atomic mass is 19.4. The fourth-order valence-electron chi connectivity index (χ4n) is 1.34. The van der Waals surface area contributed by atoms with E-state index in [1.54, 1.807) is 0 Å². The Hall–Kier alpha value is -0.185. The van der Waals surface area contributed by atoms with E-state index in [2.05, 4.69) is 27.7 Å². The van der Waals surface area contributed by atoms with Crippen LogP contribution >= 0.6 is 0 Å². The van der Waals surface area contributed by atoms with Gasteiger partial charge in [-0.25, -0.2) is 0 Å². The number of nitrogens with zero attached hydrogens (tertiary/aromatic N) is 1. The van der Waals surface area contributed by atoms with Gasteiger partial charge in [0, 0.05) is 0 Å². The summed E-state index contributed by atoms with van der Waals surface area (Å²) in [6.07, 6.45) is 0. The van der Waals surface area contributed by atoms with Crippen molar-refractivity contribution in [2.75, 3.05) is 26.2 Å². The molecule has 0 N–H and O–H groups in total. The Bertz CT molecular complexity index is 87.3. The van der Waals surface area contributed by atoms with E-state index in [1.807, 2.05) is 0 Å². The summed E-state index contributed by atoms with van der Waals surface area (Å²) in [6, 6.07) is 0. The van der Waals surface area contributed by atoms with Crippen LogP contribution in [0.2, 0.25) is 0 Å². The smallest absolute Gasteiger partial charge is 0.325 e. The van der Waals surface area contributed by atoms with Crippen LogP contribution in [0.1, 0.15) is 27.7 Å². The molecule has 0 aromatic rings. The molecular formula is C8H20BF3N+. The van der Waals surface area contributed by atoms with E-state index in [0.717, 1.165) is 0 Å². The molecule has 0 aliphatic rings. The van der Waals surface area contributed by atoms with Crippen molar-refractivity contribution >= 4 is 7.54 Å². The molecule has 0 aromatic carbocycles. The fourth-order valence-corrected chi connectivity index (χ4v) is 1.34. The second-order valence-electron chi connectivity index (χ2n) is 2.85. The predicted molar refractivity (Wildman–Crippen MR) is 51.5 cm³/mol. The third kappa shape index (κ3) is 8.15. The average Bonchev–Trinajstić information content (AvgIpc) is 2.09. The Morgan fingerprint density at radius 3 is 0.923 bits per heavy atom. The van der Waals surface area contributed by atoms with Crippen molar-refractivity contribution < 1.29 is 17.4 Å². The van der Waals surface area contributed by atoms with E-state index >= 15 is 0 Å². The standard InChI is InChI=1S/C8H20N.BF3/c1-5-9(6-2,7-3)8-4;2-1(3)4/h5-8H2,1-4H3;/q+1;. The highest BCUT2D eigenvalue weighted by Gasteiger charge is 2.16. The zero-order valence-electron chi connectivity index (χ0n) is 8.99. The van der Waals surface area contributed by atoms with Gasteiger partial charge in [0.05, 0.1) is 26.2 Å². The van der Waals surface area contributed by atoms with Gasteiger partial charge in [0.15, 0.2) is 0 Å². The maximum atomic E-state index is 9.67. The van der Waals surface area contributed by atoms with Crippen molar-refractivity contribution in [3.63, 3.8) is 0 Å². The van der Waals surface area contributed by atoms with E-state index in [9.17, 15) is 12.9 Å². The molecule has 13 heavy (non-hydrogen) atoms. The van der Waals surface area contributed by atoms with Gasteiger partial charge in [-0.05, 0) is 27.7 Å². The molecule has 0 saturated carbocycles. The molecule has 0 rings (SSSR count). The number of hydrogen-bond donors (Lipinski definition) is 0. The summed E-state index contributed by atoms with van der Waals surface area (Å²) >= 11 is 0. The van der Waals surface area contributed by atoms with Gasteiger partial charge in [0.25, 0.3) is 0 Å². The maximum absolute atomic E-state index is 9.67. The van der Waals surface area contributed by atoms with Gasteiger partial charge in [-0.2, -0.15) is 0 Å². The zero-order valence-corrected chi connectivity index (χ0v) is 8.99. The van der Waals surface area contributed by atoms with Gasteiger partial charge in [-0.1, -0.05) is 0 Å². The monoisotopic (exact) mass is 198 g/mol. The summed E-state index contributed by atoms with van der Waals surface area (Å²) in [5.74, 6) is 0. The molecule has 0 amide bonds. The van der Waals surface area contributed by atoms with Gasteiger partial charge in [-0.3, -0.25) is 12.9 Å². The van der Waals surface area contributed by atoms with Gasteiger partial charge in [0.2, 0.25) is 0 Å². The van der Waals surface area contributed by atoms with E-state index in [0.29, 0.717) is 0 Å². The second-order valence-corrected chi connectivity index (χ2v) is 2.85. The lowest BCUT2D eigenvalue weighted by atomic mass is 10.3. The highest BCUT2D eigenvalue weighted by Crippen LogP contribution is 2.03. The van der Waals surface area contributed by atoms with Crippen molar-refractivity contribution in [3.05, 3.63) is 0 Å². The lowest BCUT2D eigenvalue weighted by Crippen LogP contribution is -2.47.